The van der Waals surface area contributed by atoms with Crippen molar-refractivity contribution in [2.45, 2.75) is 13.5 Å². The lowest BCUT2D eigenvalue weighted by Crippen LogP contribution is -2.08. The van der Waals surface area contributed by atoms with Crippen molar-refractivity contribution in [3.8, 4) is 0 Å². The maximum absolute atomic E-state index is 11.6. The number of H-pyrrole nitrogens is 1. The molecule has 3 aromatic rings. The number of nitrogens with one attached hydrogen (secondary N) is 2. The molecule has 0 amide bonds. The molecule has 0 atom stereocenters. The third-order valence-electron chi connectivity index (χ3n) is 2.91. The Kier molecular flexibility index (Phi) is 2.86. The van der Waals surface area contributed by atoms with Crippen LogP contribution in [0, 0.1) is 6.92 Å². The molecule has 2 aromatic heterocycles. The summed E-state index contributed by atoms with van der Waals surface area (Å²) < 4.78 is 5.37. The highest BCUT2D eigenvalue weighted by molar-refractivity contribution is 5.88. The van der Waals surface area contributed by atoms with Crippen LogP contribution < -0.4 is 16.6 Å². The number of rotatable bonds is 3. The van der Waals surface area contributed by atoms with Gasteiger partial charge in [-0.2, -0.15) is 0 Å². The zero-order valence-electron chi connectivity index (χ0n) is 10.8. The molecule has 0 saturated carbocycles. The molecule has 0 bridgehead atoms. The van der Waals surface area contributed by atoms with E-state index in [9.17, 15) is 4.79 Å². The minimum absolute atomic E-state index is 0.212. The lowest BCUT2D eigenvalue weighted by molar-refractivity contribution is 0.479. The van der Waals surface area contributed by atoms with Crippen LogP contribution >= 0.6 is 0 Å². The maximum Gasteiger partial charge on any atom is 0.258 e. The summed E-state index contributed by atoms with van der Waals surface area (Å²) in [5.74, 6) is 1.32. The van der Waals surface area contributed by atoms with Gasteiger partial charge in [0.1, 0.15) is 5.76 Å². The molecule has 0 radical (unpaired) electrons. The van der Waals surface area contributed by atoms with E-state index >= 15 is 0 Å². The van der Waals surface area contributed by atoms with Gasteiger partial charge in [0.05, 0.1) is 41.3 Å². The average molecular weight is 271 g/mol. The standard InChI is InChI=1S/C13H13N5O2/c1-7-4-16-12(20-7)5-15-11-3-10-8(2-9(11)14)13(19)18-6-17-10/h2-4,6,15H,5,14H2,1H3,(H,17,18,19). The Balaban J connectivity index is 1.91. The lowest BCUT2D eigenvalue weighted by Gasteiger charge is -2.08. The molecule has 7 nitrogen and oxygen atoms in total. The summed E-state index contributed by atoms with van der Waals surface area (Å²) in [7, 11) is 0. The number of oxazole rings is 1. The zero-order valence-corrected chi connectivity index (χ0v) is 10.8. The SMILES string of the molecule is Cc1cnc(CNc2cc3nc[nH]c(=O)c3cc2N)o1. The summed E-state index contributed by atoms with van der Waals surface area (Å²) in [4.78, 5) is 22.4. The Morgan fingerprint density at radius 2 is 2.25 bits per heavy atom. The van der Waals surface area contributed by atoms with Gasteiger partial charge in [-0.15, -0.1) is 0 Å². The second-order valence-corrected chi connectivity index (χ2v) is 4.41. The molecule has 1 aromatic carbocycles. The Morgan fingerprint density at radius 3 is 3.00 bits per heavy atom. The van der Waals surface area contributed by atoms with E-state index in [1.807, 2.05) is 6.92 Å². The van der Waals surface area contributed by atoms with Crippen molar-refractivity contribution in [1.29, 1.82) is 0 Å². The van der Waals surface area contributed by atoms with E-state index in [1.54, 1.807) is 18.3 Å². The molecule has 4 N–H and O–H groups in total. The molecule has 0 saturated heterocycles. The van der Waals surface area contributed by atoms with Gasteiger partial charge in [-0.25, -0.2) is 9.97 Å². The Bertz CT molecular complexity index is 821. The van der Waals surface area contributed by atoms with E-state index in [-0.39, 0.29) is 5.56 Å². The molecule has 102 valence electrons. The summed E-state index contributed by atoms with van der Waals surface area (Å²) in [6.45, 7) is 2.24. The van der Waals surface area contributed by atoms with E-state index in [0.29, 0.717) is 34.7 Å². The number of aryl methyl sites for hydroxylation is 1. The minimum atomic E-state index is -0.212. The van der Waals surface area contributed by atoms with Gasteiger partial charge >= 0.3 is 0 Å². The second-order valence-electron chi connectivity index (χ2n) is 4.41. The molecule has 7 heteroatoms. The number of benzene rings is 1. The monoisotopic (exact) mass is 271 g/mol. The molecule has 0 spiro atoms. The van der Waals surface area contributed by atoms with Crippen molar-refractivity contribution in [2.75, 3.05) is 11.1 Å². The number of nitrogens with zero attached hydrogens (tertiary/aromatic N) is 2. The van der Waals surface area contributed by atoms with Crippen LogP contribution in [0.4, 0.5) is 11.4 Å². The number of aromatic amines is 1. The maximum atomic E-state index is 11.6. The van der Waals surface area contributed by atoms with Crippen LogP contribution in [-0.4, -0.2) is 15.0 Å². The van der Waals surface area contributed by atoms with Crippen molar-refractivity contribution in [3.05, 3.63) is 46.7 Å². The van der Waals surface area contributed by atoms with E-state index in [1.165, 1.54) is 6.33 Å². The number of nitrogens with two attached hydrogens (primary N) is 1. The van der Waals surface area contributed by atoms with Gasteiger partial charge in [0, 0.05) is 0 Å². The smallest absolute Gasteiger partial charge is 0.258 e. The van der Waals surface area contributed by atoms with Crippen molar-refractivity contribution in [3.63, 3.8) is 0 Å². The van der Waals surface area contributed by atoms with Crippen LogP contribution in [-0.2, 0) is 6.54 Å². The van der Waals surface area contributed by atoms with Gasteiger partial charge in [0.2, 0.25) is 5.89 Å². The summed E-state index contributed by atoms with van der Waals surface area (Å²) in [5, 5.41) is 3.58. The normalized spacial score (nSPS) is 10.8. The van der Waals surface area contributed by atoms with Crippen molar-refractivity contribution in [2.24, 2.45) is 0 Å². The first-order valence-corrected chi connectivity index (χ1v) is 6.05. The van der Waals surface area contributed by atoms with Gasteiger partial charge in [0.25, 0.3) is 5.56 Å². The molecule has 20 heavy (non-hydrogen) atoms. The zero-order chi connectivity index (χ0) is 14.1. The number of aromatic nitrogens is 3. The van der Waals surface area contributed by atoms with Crippen molar-refractivity contribution >= 4 is 22.3 Å². The van der Waals surface area contributed by atoms with Gasteiger partial charge in [-0.3, -0.25) is 4.79 Å². The summed E-state index contributed by atoms with van der Waals surface area (Å²) in [6.07, 6.45) is 3.02. The van der Waals surface area contributed by atoms with Crippen LogP contribution in [0.15, 0.2) is 33.9 Å². The van der Waals surface area contributed by atoms with Crippen LogP contribution in [0.5, 0.6) is 0 Å². The molecule has 0 aliphatic carbocycles. The van der Waals surface area contributed by atoms with E-state index < -0.39 is 0 Å². The molecule has 3 rings (SSSR count). The number of anilines is 2. The van der Waals surface area contributed by atoms with E-state index in [4.69, 9.17) is 10.2 Å². The van der Waals surface area contributed by atoms with Gasteiger partial charge in [-0.1, -0.05) is 0 Å². The topological polar surface area (TPSA) is 110 Å². The first kappa shape index (κ1) is 12.2. The van der Waals surface area contributed by atoms with Crippen molar-refractivity contribution in [1.82, 2.24) is 15.0 Å². The number of fused-ring (bicyclic) bond motifs is 1. The largest absolute Gasteiger partial charge is 0.444 e. The quantitative estimate of drug-likeness (QED) is 0.621. The van der Waals surface area contributed by atoms with Crippen LogP contribution in [0.1, 0.15) is 11.7 Å². The van der Waals surface area contributed by atoms with E-state index in [0.717, 1.165) is 5.76 Å². The third-order valence-corrected chi connectivity index (χ3v) is 2.91. The molecular formula is C13H13N5O2. The predicted molar refractivity (Wildman–Crippen MR) is 75.3 cm³/mol. The van der Waals surface area contributed by atoms with E-state index in [2.05, 4.69) is 20.3 Å². The van der Waals surface area contributed by atoms with Crippen LogP contribution in [0.2, 0.25) is 0 Å². The number of hydrogen-bond acceptors (Lipinski definition) is 6. The highest BCUT2D eigenvalue weighted by atomic mass is 16.4. The summed E-state index contributed by atoms with van der Waals surface area (Å²) in [6, 6.07) is 3.33. The fraction of sp³-hybridized carbons (Fsp3) is 0.154. The highest BCUT2D eigenvalue weighted by Crippen LogP contribution is 2.23. The summed E-state index contributed by atoms with van der Waals surface area (Å²) in [5.41, 5.74) is 7.46. The first-order valence-electron chi connectivity index (χ1n) is 6.05. The van der Waals surface area contributed by atoms with Gasteiger partial charge in [-0.05, 0) is 19.1 Å². The Morgan fingerprint density at radius 1 is 1.40 bits per heavy atom. The van der Waals surface area contributed by atoms with Gasteiger partial charge < -0.3 is 20.5 Å². The Labute approximate surface area is 113 Å². The van der Waals surface area contributed by atoms with Crippen molar-refractivity contribution < 1.29 is 4.42 Å². The molecule has 2 heterocycles. The molecule has 0 unspecified atom stereocenters. The second kappa shape index (κ2) is 4.69. The molecule has 0 aliphatic heterocycles. The predicted octanol–water partition coefficient (Wildman–Crippen LogP) is 1.41. The number of nitrogen functional groups attached to an aromatic ring is 1. The fourth-order valence-electron chi connectivity index (χ4n) is 1.94. The van der Waals surface area contributed by atoms with Gasteiger partial charge in [0.15, 0.2) is 0 Å². The molecular weight excluding hydrogens is 258 g/mol. The highest BCUT2D eigenvalue weighted by Gasteiger charge is 2.07. The minimum Gasteiger partial charge on any atom is -0.444 e. The Hall–Kier alpha value is -2.83. The third kappa shape index (κ3) is 2.20. The first-order chi connectivity index (χ1) is 9.63. The summed E-state index contributed by atoms with van der Waals surface area (Å²) >= 11 is 0. The van der Waals surface area contributed by atoms with Crippen LogP contribution in [0.3, 0.4) is 0 Å². The lowest BCUT2D eigenvalue weighted by atomic mass is 10.2. The molecule has 0 aliphatic rings. The van der Waals surface area contributed by atoms with Crippen LogP contribution in [0.25, 0.3) is 10.9 Å². The average Bonchev–Trinajstić information content (AvgIpc) is 2.83. The molecule has 0 fully saturated rings. The number of hydrogen-bond donors (Lipinski definition) is 3. The fourth-order valence-corrected chi connectivity index (χ4v) is 1.94.